The topological polar surface area (TPSA) is 28.2 Å². The zero-order valence-electron chi connectivity index (χ0n) is 11.6. The molecule has 0 amide bonds. The zero-order chi connectivity index (χ0) is 12.8. The first-order chi connectivity index (χ1) is 8.79. The second-order valence-electron chi connectivity index (χ2n) is 5.45. The van der Waals surface area contributed by atoms with Gasteiger partial charge in [0, 0.05) is 31.5 Å². The number of nitrogens with zero attached hydrogens (tertiary/aromatic N) is 2. The molecule has 1 fully saturated rings. The van der Waals surface area contributed by atoms with Gasteiger partial charge in [-0.2, -0.15) is 0 Å². The molecule has 2 rings (SSSR count). The SMILES string of the molecule is CNC1CCCC1CN(C)CCc1ccncc1. The number of nitrogens with one attached hydrogen (secondary N) is 1. The number of rotatable bonds is 6. The van der Waals surface area contributed by atoms with E-state index in [2.05, 4.69) is 41.4 Å². The molecule has 1 heterocycles. The van der Waals surface area contributed by atoms with Crippen molar-refractivity contribution in [1.29, 1.82) is 0 Å². The number of hydrogen-bond donors (Lipinski definition) is 1. The van der Waals surface area contributed by atoms with Crippen LogP contribution in [0.1, 0.15) is 24.8 Å². The van der Waals surface area contributed by atoms with Crippen molar-refractivity contribution >= 4 is 0 Å². The molecule has 0 saturated heterocycles. The van der Waals surface area contributed by atoms with Crippen LogP contribution in [-0.4, -0.2) is 43.1 Å². The molecule has 2 unspecified atom stereocenters. The fraction of sp³-hybridized carbons (Fsp3) is 0.667. The Morgan fingerprint density at radius 2 is 2.11 bits per heavy atom. The molecule has 3 heteroatoms. The molecular formula is C15H25N3. The zero-order valence-corrected chi connectivity index (χ0v) is 11.6. The Morgan fingerprint density at radius 3 is 2.83 bits per heavy atom. The molecule has 18 heavy (non-hydrogen) atoms. The van der Waals surface area contributed by atoms with E-state index in [4.69, 9.17) is 0 Å². The molecule has 1 N–H and O–H groups in total. The summed E-state index contributed by atoms with van der Waals surface area (Å²) >= 11 is 0. The van der Waals surface area contributed by atoms with E-state index in [-0.39, 0.29) is 0 Å². The van der Waals surface area contributed by atoms with Crippen LogP contribution in [0.25, 0.3) is 0 Å². The summed E-state index contributed by atoms with van der Waals surface area (Å²) in [7, 11) is 4.34. The van der Waals surface area contributed by atoms with E-state index >= 15 is 0 Å². The van der Waals surface area contributed by atoms with E-state index in [1.165, 1.54) is 31.4 Å². The van der Waals surface area contributed by atoms with Crippen molar-refractivity contribution < 1.29 is 0 Å². The van der Waals surface area contributed by atoms with Gasteiger partial charge in [0.05, 0.1) is 0 Å². The third-order valence-corrected chi connectivity index (χ3v) is 4.11. The van der Waals surface area contributed by atoms with E-state index in [0.29, 0.717) is 0 Å². The number of aromatic nitrogens is 1. The fourth-order valence-electron chi connectivity index (χ4n) is 3.00. The van der Waals surface area contributed by atoms with Gasteiger partial charge in [0.25, 0.3) is 0 Å². The van der Waals surface area contributed by atoms with Crippen molar-refractivity contribution in [3.05, 3.63) is 30.1 Å². The summed E-state index contributed by atoms with van der Waals surface area (Å²) in [4.78, 5) is 6.53. The molecule has 0 aromatic carbocycles. The first kappa shape index (κ1) is 13.5. The highest BCUT2D eigenvalue weighted by Gasteiger charge is 2.26. The maximum atomic E-state index is 4.05. The van der Waals surface area contributed by atoms with Gasteiger partial charge >= 0.3 is 0 Å². The average molecular weight is 247 g/mol. The molecule has 2 atom stereocenters. The minimum atomic E-state index is 0.730. The van der Waals surface area contributed by atoms with E-state index in [1.54, 1.807) is 0 Å². The summed E-state index contributed by atoms with van der Waals surface area (Å²) in [6, 6.07) is 4.95. The minimum Gasteiger partial charge on any atom is -0.317 e. The second-order valence-corrected chi connectivity index (χ2v) is 5.45. The Bertz CT molecular complexity index is 339. The normalized spacial score (nSPS) is 23.7. The lowest BCUT2D eigenvalue weighted by Gasteiger charge is -2.25. The van der Waals surface area contributed by atoms with Gasteiger partial charge < -0.3 is 10.2 Å². The van der Waals surface area contributed by atoms with E-state index in [9.17, 15) is 0 Å². The molecular weight excluding hydrogens is 222 g/mol. The molecule has 0 bridgehead atoms. The highest BCUT2D eigenvalue weighted by Crippen LogP contribution is 2.25. The first-order valence-corrected chi connectivity index (χ1v) is 7.04. The molecule has 1 aliphatic carbocycles. The van der Waals surface area contributed by atoms with Gasteiger partial charge in [-0.25, -0.2) is 0 Å². The monoisotopic (exact) mass is 247 g/mol. The first-order valence-electron chi connectivity index (χ1n) is 7.04. The van der Waals surface area contributed by atoms with Crippen LogP contribution in [0.2, 0.25) is 0 Å². The van der Waals surface area contributed by atoms with Crippen molar-refractivity contribution in [2.24, 2.45) is 5.92 Å². The van der Waals surface area contributed by atoms with Gasteiger partial charge in [-0.05, 0) is 57.0 Å². The molecule has 1 aliphatic rings. The van der Waals surface area contributed by atoms with Gasteiger partial charge in [-0.15, -0.1) is 0 Å². The predicted octanol–water partition coefficient (Wildman–Crippen LogP) is 1.94. The lowest BCUT2D eigenvalue weighted by molar-refractivity contribution is 0.257. The van der Waals surface area contributed by atoms with E-state index in [0.717, 1.165) is 24.9 Å². The largest absolute Gasteiger partial charge is 0.317 e. The highest BCUT2D eigenvalue weighted by atomic mass is 15.1. The van der Waals surface area contributed by atoms with Crippen LogP contribution >= 0.6 is 0 Å². The van der Waals surface area contributed by atoms with Crippen molar-refractivity contribution in [2.75, 3.05) is 27.2 Å². The maximum absolute atomic E-state index is 4.05. The summed E-state index contributed by atoms with van der Waals surface area (Å²) in [5, 5.41) is 3.46. The number of likely N-dealkylation sites (N-methyl/N-ethyl adjacent to an activating group) is 1. The number of hydrogen-bond acceptors (Lipinski definition) is 3. The van der Waals surface area contributed by atoms with E-state index < -0.39 is 0 Å². The lowest BCUT2D eigenvalue weighted by Crippen LogP contribution is -2.37. The highest BCUT2D eigenvalue weighted by molar-refractivity contribution is 5.09. The van der Waals surface area contributed by atoms with Crippen molar-refractivity contribution in [2.45, 2.75) is 31.7 Å². The third-order valence-electron chi connectivity index (χ3n) is 4.11. The Hall–Kier alpha value is -0.930. The molecule has 100 valence electrons. The van der Waals surface area contributed by atoms with Gasteiger partial charge in [0.15, 0.2) is 0 Å². The number of pyridine rings is 1. The van der Waals surface area contributed by atoms with Crippen molar-refractivity contribution in [3.8, 4) is 0 Å². The Kier molecular flexibility index (Phi) is 5.14. The molecule has 0 aliphatic heterocycles. The van der Waals surface area contributed by atoms with Crippen molar-refractivity contribution in [3.63, 3.8) is 0 Å². The Balaban J connectivity index is 1.73. The van der Waals surface area contributed by atoms with Crippen LogP contribution in [0, 0.1) is 5.92 Å². The summed E-state index contributed by atoms with van der Waals surface area (Å²) in [6.07, 6.45) is 8.99. The Labute approximate surface area is 111 Å². The van der Waals surface area contributed by atoms with Gasteiger partial charge in [0.2, 0.25) is 0 Å². The van der Waals surface area contributed by atoms with E-state index in [1.807, 2.05) is 12.4 Å². The van der Waals surface area contributed by atoms with Gasteiger partial charge in [0.1, 0.15) is 0 Å². The molecule has 0 spiro atoms. The van der Waals surface area contributed by atoms with Crippen LogP contribution in [0.4, 0.5) is 0 Å². The predicted molar refractivity (Wildman–Crippen MR) is 75.6 cm³/mol. The second kappa shape index (κ2) is 6.86. The standard InChI is InChI=1S/C15H25N3/c1-16-15-5-3-4-14(15)12-18(2)11-8-13-6-9-17-10-7-13/h6-7,9-10,14-16H,3-5,8,11-12H2,1-2H3. The summed E-state index contributed by atoms with van der Waals surface area (Å²) < 4.78 is 0. The van der Waals surface area contributed by atoms with Crippen LogP contribution in [0.5, 0.6) is 0 Å². The van der Waals surface area contributed by atoms with Crippen LogP contribution in [-0.2, 0) is 6.42 Å². The molecule has 3 nitrogen and oxygen atoms in total. The molecule has 1 aromatic rings. The molecule has 1 aromatic heterocycles. The minimum absolute atomic E-state index is 0.730. The molecule has 1 saturated carbocycles. The summed E-state index contributed by atoms with van der Waals surface area (Å²) in [6.45, 7) is 2.35. The van der Waals surface area contributed by atoms with Crippen LogP contribution < -0.4 is 5.32 Å². The summed E-state index contributed by atoms with van der Waals surface area (Å²) in [5.41, 5.74) is 1.38. The quantitative estimate of drug-likeness (QED) is 0.833. The third kappa shape index (κ3) is 3.79. The lowest BCUT2D eigenvalue weighted by atomic mass is 10.0. The molecule has 0 radical (unpaired) electrons. The smallest absolute Gasteiger partial charge is 0.0270 e. The average Bonchev–Trinajstić information content (AvgIpc) is 2.85. The Morgan fingerprint density at radius 1 is 1.33 bits per heavy atom. The van der Waals surface area contributed by atoms with Gasteiger partial charge in [-0.1, -0.05) is 6.42 Å². The van der Waals surface area contributed by atoms with Crippen LogP contribution in [0.15, 0.2) is 24.5 Å². The summed E-state index contributed by atoms with van der Waals surface area (Å²) in [5.74, 6) is 0.831. The van der Waals surface area contributed by atoms with Crippen molar-refractivity contribution in [1.82, 2.24) is 15.2 Å². The fourth-order valence-corrected chi connectivity index (χ4v) is 3.00. The van der Waals surface area contributed by atoms with Gasteiger partial charge in [-0.3, -0.25) is 4.98 Å². The maximum Gasteiger partial charge on any atom is 0.0270 e. The van der Waals surface area contributed by atoms with Crippen LogP contribution in [0.3, 0.4) is 0 Å².